The van der Waals surface area contributed by atoms with Crippen LogP contribution in [0.1, 0.15) is 19.8 Å². The molecule has 0 aromatic heterocycles. The summed E-state index contributed by atoms with van der Waals surface area (Å²) in [5.74, 6) is -0.308. The van der Waals surface area contributed by atoms with Crippen LogP contribution >= 0.6 is 11.8 Å². The van der Waals surface area contributed by atoms with Gasteiger partial charge < -0.3 is 10.1 Å². The summed E-state index contributed by atoms with van der Waals surface area (Å²) in [4.78, 5) is 22.6. The van der Waals surface area contributed by atoms with Crippen LogP contribution in [-0.2, 0) is 14.3 Å². The molecular formula is C10H15N3O3S. The predicted octanol–water partition coefficient (Wildman–Crippen LogP) is 0.567. The number of unbranched alkanes of at least 4 members (excludes halogenated alkanes) is 1. The number of esters is 1. The summed E-state index contributed by atoms with van der Waals surface area (Å²) in [6.45, 7) is 5.93. The van der Waals surface area contributed by atoms with Crippen molar-refractivity contribution in [2.75, 3.05) is 12.4 Å². The second kappa shape index (κ2) is 6.95. The van der Waals surface area contributed by atoms with Crippen molar-refractivity contribution in [2.24, 2.45) is 5.10 Å². The molecule has 2 N–H and O–H groups in total. The molecule has 0 saturated heterocycles. The third-order valence-electron chi connectivity index (χ3n) is 1.84. The third-order valence-corrected chi connectivity index (χ3v) is 2.77. The average molecular weight is 257 g/mol. The van der Waals surface area contributed by atoms with E-state index in [1.165, 1.54) is 0 Å². The van der Waals surface area contributed by atoms with E-state index in [1.807, 2.05) is 6.92 Å². The average Bonchev–Trinajstić information content (AvgIpc) is 2.28. The Kier molecular flexibility index (Phi) is 5.55. The van der Waals surface area contributed by atoms with Crippen molar-refractivity contribution in [3.05, 3.63) is 12.4 Å². The number of thioether (sulfide) groups is 1. The Morgan fingerprint density at radius 2 is 2.35 bits per heavy atom. The molecule has 0 fully saturated rings. The van der Waals surface area contributed by atoms with Crippen LogP contribution in [0, 0.1) is 0 Å². The fourth-order valence-electron chi connectivity index (χ4n) is 0.985. The molecule has 0 radical (unpaired) electrons. The van der Waals surface area contributed by atoms with E-state index in [1.54, 1.807) is 0 Å². The van der Waals surface area contributed by atoms with Crippen LogP contribution in [0.25, 0.3) is 0 Å². The molecule has 1 amide bonds. The van der Waals surface area contributed by atoms with Crippen molar-refractivity contribution in [3.63, 3.8) is 0 Å². The Morgan fingerprint density at radius 3 is 3.00 bits per heavy atom. The monoisotopic (exact) mass is 257 g/mol. The van der Waals surface area contributed by atoms with Crippen molar-refractivity contribution in [1.82, 2.24) is 10.7 Å². The lowest BCUT2D eigenvalue weighted by molar-refractivity contribution is -0.140. The van der Waals surface area contributed by atoms with Crippen LogP contribution < -0.4 is 10.7 Å². The maximum Gasteiger partial charge on any atom is 0.316 e. The number of nitrogens with one attached hydrogen (secondary N) is 2. The molecule has 0 aliphatic carbocycles. The molecule has 1 aliphatic heterocycles. The van der Waals surface area contributed by atoms with E-state index in [0.29, 0.717) is 12.4 Å². The van der Waals surface area contributed by atoms with Gasteiger partial charge >= 0.3 is 5.97 Å². The molecular weight excluding hydrogens is 242 g/mol. The largest absolute Gasteiger partial charge is 0.465 e. The smallest absolute Gasteiger partial charge is 0.316 e. The van der Waals surface area contributed by atoms with E-state index in [-0.39, 0.29) is 22.7 Å². The second-order valence-corrected chi connectivity index (χ2v) is 4.29. The number of carbonyl (C=O) groups excluding carboxylic acids is 2. The summed E-state index contributed by atoms with van der Waals surface area (Å²) < 4.78 is 4.95. The number of nitrogens with zero attached hydrogens (tertiary/aromatic N) is 1. The molecule has 7 heteroatoms. The first-order valence-electron chi connectivity index (χ1n) is 5.26. The van der Waals surface area contributed by atoms with E-state index >= 15 is 0 Å². The SMILES string of the molecule is C=C1NN=C(SCC(=O)OCCCC)C(=O)N1. The van der Waals surface area contributed by atoms with Gasteiger partial charge in [-0.25, -0.2) is 0 Å². The van der Waals surface area contributed by atoms with E-state index < -0.39 is 0 Å². The Labute approximate surface area is 104 Å². The Bertz CT molecular complexity index is 355. The lowest BCUT2D eigenvalue weighted by Crippen LogP contribution is -2.39. The number of amides is 1. The normalized spacial score (nSPS) is 14.8. The molecule has 1 rings (SSSR count). The van der Waals surface area contributed by atoms with E-state index in [2.05, 4.69) is 22.4 Å². The van der Waals surface area contributed by atoms with Crippen molar-refractivity contribution >= 4 is 28.7 Å². The third kappa shape index (κ3) is 4.90. The van der Waals surface area contributed by atoms with Gasteiger partial charge in [-0.15, -0.1) is 0 Å². The predicted molar refractivity (Wildman–Crippen MR) is 66.2 cm³/mol. The molecule has 17 heavy (non-hydrogen) atoms. The second-order valence-electron chi connectivity index (χ2n) is 3.32. The molecule has 0 spiro atoms. The van der Waals surface area contributed by atoms with Crippen LogP contribution in [-0.4, -0.2) is 29.3 Å². The minimum Gasteiger partial charge on any atom is -0.465 e. The lowest BCUT2D eigenvalue weighted by Gasteiger charge is -2.14. The van der Waals surface area contributed by atoms with Gasteiger partial charge in [-0.05, 0) is 6.42 Å². The Morgan fingerprint density at radius 1 is 1.59 bits per heavy atom. The maximum absolute atomic E-state index is 11.4. The molecule has 94 valence electrons. The van der Waals surface area contributed by atoms with Gasteiger partial charge in [-0.2, -0.15) is 5.10 Å². The highest BCUT2D eigenvalue weighted by atomic mass is 32.2. The molecule has 0 aromatic rings. The van der Waals surface area contributed by atoms with Gasteiger partial charge in [0.1, 0.15) is 5.82 Å². The van der Waals surface area contributed by atoms with Crippen molar-refractivity contribution in [2.45, 2.75) is 19.8 Å². The molecule has 0 aromatic carbocycles. The Hall–Kier alpha value is -1.50. The van der Waals surface area contributed by atoms with Gasteiger partial charge in [0, 0.05) is 0 Å². The van der Waals surface area contributed by atoms with Gasteiger partial charge in [-0.1, -0.05) is 31.7 Å². The summed E-state index contributed by atoms with van der Waals surface area (Å²) in [6, 6.07) is 0. The number of hydrazone groups is 1. The molecule has 0 unspecified atom stereocenters. The van der Waals surface area contributed by atoms with Crippen LogP contribution in [0.5, 0.6) is 0 Å². The van der Waals surface area contributed by atoms with Crippen molar-refractivity contribution in [1.29, 1.82) is 0 Å². The summed E-state index contributed by atoms with van der Waals surface area (Å²) in [5, 5.41) is 6.43. The fourth-order valence-corrected chi connectivity index (χ4v) is 1.61. The van der Waals surface area contributed by atoms with Crippen molar-refractivity contribution < 1.29 is 14.3 Å². The topological polar surface area (TPSA) is 79.8 Å². The number of hydrogen-bond donors (Lipinski definition) is 2. The highest BCUT2D eigenvalue weighted by Crippen LogP contribution is 2.08. The highest BCUT2D eigenvalue weighted by molar-refractivity contribution is 8.16. The summed E-state index contributed by atoms with van der Waals surface area (Å²) in [5.41, 5.74) is 2.53. The maximum atomic E-state index is 11.4. The summed E-state index contributed by atoms with van der Waals surface area (Å²) in [7, 11) is 0. The van der Waals surface area contributed by atoms with Gasteiger partial charge in [0.25, 0.3) is 5.91 Å². The van der Waals surface area contributed by atoms with E-state index in [0.717, 1.165) is 24.6 Å². The number of ether oxygens (including phenoxy) is 1. The van der Waals surface area contributed by atoms with Crippen LogP contribution in [0.15, 0.2) is 17.5 Å². The molecule has 1 heterocycles. The highest BCUT2D eigenvalue weighted by Gasteiger charge is 2.19. The Balaban J connectivity index is 2.28. The van der Waals surface area contributed by atoms with Gasteiger partial charge in [0.2, 0.25) is 0 Å². The lowest BCUT2D eigenvalue weighted by atomic mass is 10.4. The number of carbonyl (C=O) groups is 2. The van der Waals surface area contributed by atoms with E-state index in [9.17, 15) is 9.59 Å². The first-order valence-corrected chi connectivity index (χ1v) is 6.24. The van der Waals surface area contributed by atoms with E-state index in [4.69, 9.17) is 4.74 Å². The first kappa shape index (κ1) is 13.6. The van der Waals surface area contributed by atoms with Gasteiger partial charge in [-0.3, -0.25) is 15.0 Å². The molecule has 0 bridgehead atoms. The zero-order valence-electron chi connectivity index (χ0n) is 9.62. The zero-order valence-corrected chi connectivity index (χ0v) is 10.4. The molecule has 1 aliphatic rings. The first-order chi connectivity index (χ1) is 8.13. The number of rotatable bonds is 5. The minimum absolute atomic E-state index is 0.0735. The fraction of sp³-hybridized carbons (Fsp3) is 0.500. The summed E-state index contributed by atoms with van der Waals surface area (Å²) >= 11 is 1.03. The van der Waals surface area contributed by atoms with Crippen LogP contribution in [0.4, 0.5) is 0 Å². The zero-order chi connectivity index (χ0) is 12.7. The summed E-state index contributed by atoms with van der Waals surface area (Å²) in [6.07, 6.45) is 1.82. The van der Waals surface area contributed by atoms with Gasteiger partial charge in [0.05, 0.1) is 12.4 Å². The number of hydrogen-bond acceptors (Lipinski definition) is 6. The standard InChI is InChI=1S/C10H15N3O3S/c1-3-4-5-16-8(14)6-17-10-9(15)11-7(2)12-13-10/h12H,2-6H2,1H3,(H,11,15). The minimum atomic E-state index is -0.361. The molecule has 0 saturated carbocycles. The van der Waals surface area contributed by atoms with Crippen LogP contribution in [0.2, 0.25) is 0 Å². The molecule has 0 atom stereocenters. The molecule has 6 nitrogen and oxygen atoms in total. The van der Waals surface area contributed by atoms with Crippen molar-refractivity contribution in [3.8, 4) is 0 Å². The quantitative estimate of drug-likeness (QED) is 0.556. The van der Waals surface area contributed by atoms with Crippen LogP contribution in [0.3, 0.4) is 0 Å². The van der Waals surface area contributed by atoms with Gasteiger partial charge in [0.15, 0.2) is 5.04 Å².